The minimum Gasteiger partial charge on any atom is -0.632 e. The van der Waals surface area contributed by atoms with Crippen LogP contribution in [0.1, 0.15) is 39.5 Å². The molecule has 0 aromatic rings. The summed E-state index contributed by atoms with van der Waals surface area (Å²) in [5, 5.41) is 12.4. The zero-order valence-electron chi connectivity index (χ0n) is 8.95. The van der Waals surface area contributed by atoms with Crippen molar-refractivity contribution in [2.45, 2.75) is 50.9 Å². The lowest BCUT2D eigenvalue weighted by molar-refractivity contribution is -0.886. The Morgan fingerprint density at radius 2 is 2.15 bits per heavy atom. The monoisotopic (exact) mass is 203 g/mol. The van der Waals surface area contributed by atoms with E-state index >= 15 is 0 Å². The van der Waals surface area contributed by atoms with Gasteiger partial charge in [-0.25, -0.2) is 0 Å². The second kappa shape index (κ2) is 4.67. The Bertz CT molecular complexity index is 161. The van der Waals surface area contributed by atoms with Gasteiger partial charge in [0.2, 0.25) is 0 Å². The summed E-state index contributed by atoms with van der Waals surface area (Å²) in [6, 6.07) is 0.289. The maximum Gasteiger partial charge on any atom is 0.135 e. The van der Waals surface area contributed by atoms with Gasteiger partial charge in [0.15, 0.2) is 0 Å². The molecule has 0 unspecified atom stereocenters. The fraction of sp³-hybridized carbons (Fsp3) is 1.00. The predicted octanol–water partition coefficient (Wildman–Crippen LogP) is 2.97. The van der Waals surface area contributed by atoms with E-state index in [9.17, 15) is 5.21 Å². The highest BCUT2D eigenvalue weighted by molar-refractivity contribution is 7.99. The molecule has 0 aromatic heterocycles. The first-order chi connectivity index (χ1) is 6.09. The molecule has 0 radical (unpaired) electrons. The SMILES string of the molecule is CCCCC[C@H]1SC[C@@H](C)[N@@+]1(C)[O-]. The number of hydrogen-bond donors (Lipinski definition) is 0. The van der Waals surface area contributed by atoms with E-state index in [1.165, 1.54) is 19.3 Å². The largest absolute Gasteiger partial charge is 0.632 e. The van der Waals surface area contributed by atoms with Crippen LogP contribution >= 0.6 is 11.8 Å². The maximum absolute atomic E-state index is 12.1. The number of hydroxylamine groups is 3. The fourth-order valence-corrected chi connectivity index (χ4v) is 3.37. The van der Waals surface area contributed by atoms with E-state index in [2.05, 4.69) is 13.8 Å². The van der Waals surface area contributed by atoms with Crippen LogP contribution in [0.15, 0.2) is 0 Å². The number of unbranched alkanes of at least 4 members (excludes halogenated alkanes) is 2. The zero-order chi connectivity index (χ0) is 9.90. The van der Waals surface area contributed by atoms with E-state index in [0.717, 1.165) is 12.2 Å². The lowest BCUT2D eigenvalue weighted by Gasteiger charge is -2.43. The van der Waals surface area contributed by atoms with E-state index in [1.54, 1.807) is 0 Å². The number of thioether (sulfide) groups is 1. The van der Waals surface area contributed by atoms with Crippen LogP contribution in [0.5, 0.6) is 0 Å². The lowest BCUT2D eigenvalue weighted by atomic mass is 10.2. The van der Waals surface area contributed by atoms with Crippen molar-refractivity contribution in [2.24, 2.45) is 0 Å². The molecular formula is C10H21NOS. The molecule has 0 aliphatic carbocycles. The van der Waals surface area contributed by atoms with Crippen molar-refractivity contribution in [1.29, 1.82) is 0 Å². The predicted molar refractivity (Wildman–Crippen MR) is 59.4 cm³/mol. The van der Waals surface area contributed by atoms with Gasteiger partial charge < -0.3 is 9.85 Å². The number of hydrogen-bond acceptors (Lipinski definition) is 2. The molecule has 0 saturated carbocycles. The standard InChI is InChI=1S/C10H21NOS/c1-4-5-6-7-10-11(3,12)9(2)8-13-10/h9-10H,4-8H2,1-3H3/t9-,10-,11-/m1/s1. The second-order valence-electron chi connectivity index (χ2n) is 4.19. The third-order valence-corrected chi connectivity index (χ3v) is 4.75. The van der Waals surface area contributed by atoms with Gasteiger partial charge in [-0.1, -0.05) is 31.5 Å². The first-order valence-corrected chi connectivity index (χ1v) is 6.32. The van der Waals surface area contributed by atoms with Gasteiger partial charge in [0.05, 0.1) is 18.8 Å². The van der Waals surface area contributed by atoms with Gasteiger partial charge in [0, 0.05) is 6.42 Å². The van der Waals surface area contributed by atoms with Gasteiger partial charge >= 0.3 is 0 Å². The van der Waals surface area contributed by atoms with Crippen LogP contribution in [0.3, 0.4) is 0 Å². The third kappa shape index (κ3) is 2.61. The summed E-state index contributed by atoms with van der Waals surface area (Å²) in [5.41, 5.74) is 0. The molecule has 1 rings (SSSR count). The van der Waals surface area contributed by atoms with E-state index < -0.39 is 0 Å². The van der Waals surface area contributed by atoms with Crippen molar-refractivity contribution in [1.82, 2.24) is 0 Å². The van der Waals surface area contributed by atoms with Gasteiger partial charge in [-0.05, 0) is 13.3 Å². The lowest BCUT2D eigenvalue weighted by Crippen LogP contribution is -2.47. The van der Waals surface area contributed by atoms with Gasteiger partial charge in [0.1, 0.15) is 5.37 Å². The summed E-state index contributed by atoms with van der Waals surface area (Å²) in [4.78, 5) is 0. The Morgan fingerprint density at radius 3 is 2.62 bits per heavy atom. The molecule has 1 fully saturated rings. The molecule has 1 aliphatic heterocycles. The molecule has 3 heteroatoms. The first kappa shape index (κ1) is 11.3. The van der Waals surface area contributed by atoms with E-state index in [1.807, 2.05) is 18.8 Å². The van der Waals surface area contributed by atoms with Crippen molar-refractivity contribution in [3.63, 3.8) is 0 Å². The highest BCUT2D eigenvalue weighted by Crippen LogP contribution is 2.36. The Hall–Kier alpha value is 0.270. The van der Waals surface area contributed by atoms with E-state index in [0.29, 0.717) is 5.37 Å². The molecule has 1 heterocycles. The van der Waals surface area contributed by atoms with Crippen LogP contribution < -0.4 is 0 Å². The molecule has 0 amide bonds. The zero-order valence-corrected chi connectivity index (χ0v) is 9.77. The quantitative estimate of drug-likeness (QED) is 0.398. The summed E-state index contributed by atoms with van der Waals surface area (Å²) in [5.74, 6) is 1.04. The van der Waals surface area contributed by atoms with Crippen molar-refractivity contribution >= 4 is 11.8 Å². The summed E-state index contributed by atoms with van der Waals surface area (Å²) < 4.78 is -0.0195. The number of quaternary nitrogens is 1. The first-order valence-electron chi connectivity index (χ1n) is 5.27. The topological polar surface area (TPSA) is 23.1 Å². The molecule has 1 aliphatic rings. The van der Waals surface area contributed by atoms with E-state index in [-0.39, 0.29) is 10.7 Å². The Balaban J connectivity index is 2.34. The van der Waals surface area contributed by atoms with Crippen LogP contribution in [0, 0.1) is 5.21 Å². The summed E-state index contributed by atoms with van der Waals surface area (Å²) in [6.07, 6.45) is 4.83. The van der Waals surface area contributed by atoms with Gasteiger partial charge in [0.25, 0.3) is 0 Å². The van der Waals surface area contributed by atoms with Crippen molar-refractivity contribution in [2.75, 3.05) is 12.8 Å². The fourth-order valence-electron chi connectivity index (χ4n) is 1.74. The Kier molecular flexibility index (Phi) is 4.07. The third-order valence-electron chi connectivity index (χ3n) is 3.03. The molecule has 13 heavy (non-hydrogen) atoms. The van der Waals surface area contributed by atoms with Crippen LogP contribution in [0.25, 0.3) is 0 Å². The second-order valence-corrected chi connectivity index (χ2v) is 5.40. The van der Waals surface area contributed by atoms with Crippen molar-refractivity contribution in [3.05, 3.63) is 5.21 Å². The smallest absolute Gasteiger partial charge is 0.135 e. The van der Waals surface area contributed by atoms with Crippen LogP contribution in [0.4, 0.5) is 0 Å². The van der Waals surface area contributed by atoms with E-state index in [4.69, 9.17) is 0 Å². The van der Waals surface area contributed by atoms with Crippen LogP contribution in [-0.2, 0) is 0 Å². The average Bonchev–Trinajstić information content (AvgIpc) is 2.32. The molecule has 0 N–H and O–H groups in total. The van der Waals surface area contributed by atoms with Crippen LogP contribution in [-0.4, -0.2) is 28.9 Å². The van der Waals surface area contributed by atoms with Gasteiger partial charge in [-0.2, -0.15) is 0 Å². The summed E-state index contributed by atoms with van der Waals surface area (Å²) in [6.45, 7) is 4.27. The highest BCUT2D eigenvalue weighted by Gasteiger charge is 2.37. The van der Waals surface area contributed by atoms with Crippen molar-refractivity contribution < 1.29 is 4.65 Å². The Labute approximate surface area is 85.9 Å². The normalized spacial score (nSPS) is 39.7. The molecular weight excluding hydrogens is 182 g/mol. The molecule has 3 atom stereocenters. The minimum absolute atomic E-state index is 0.0195. The number of rotatable bonds is 4. The van der Waals surface area contributed by atoms with Gasteiger partial charge in [-0.3, -0.25) is 0 Å². The molecule has 78 valence electrons. The number of nitrogens with zero attached hydrogens (tertiary/aromatic N) is 1. The molecule has 0 aromatic carbocycles. The highest BCUT2D eigenvalue weighted by atomic mass is 32.2. The summed E-state index contributed by atoms with van der Waals surface area (Å²) in [7, 11) is 1.83. The maximum atomic E-state index is 12.1. The molecule has 2 nitrogen and oxygen atoms in total. The molecule has 0 spiro atoms. The Morgan fingerprint density at radius 1 is 1.46 bits per heavy atom. The molecule has 1 saturated heterocycles. The molecule has 0 bridgehead atoms. The minimum atomic E-state index is -0.0195. The van der Waals surface area contributed by atoms with Gasteiger partial charge in [-0.15, -0.1) is 0 Å². The summed E-state index contributed by atoms with van der Waals surface area (Å²) >= 11 is 1.87. The van der Waals surface area contributed by atoms with Crippen LogP contribution in [0.2, 0.25) is 0 Å². The average molecular weight is 203 g/mol. The van der Waals surface area contributed by atoms with Crippen molar-refractivity contribution in [3.8, 4) is 0 Å².